The first-order valence-corrected chi connectivity index (χ1v) is 8.55. The van der Waals surface area contributed by atoms with Gasteiger partial charge in [0.1, 0.15) is 0 Å². The van der Waals surface area contributed by atoms with E-state index in [1.807, 2.05) is 43.3 Å². The number of imidazole rings is 1. The molecule has 10 heteroatoms. The number of nitrogens with one attached hydrogen (secondary N) is 1. The van der Waals surface area contributed by atoms with Crippen LogP contribution in [0.1, 0.15) is 11.3 Å². The van der Waals surface area contributed by atoms with Gasteiger partial charge >= 0.3 is 0 Å². The molecule has 0 radical (unpaired) electrons. The van der Waals surface area contributed by atoms with Gasteiger partial charge in [0.25, 0.3) is 12.9 Å². The Labute approximate surface area is 168 Å². The number of H-pyrrole nitrogens is 1. The van der Waals surface area contributed by atoms with Crippen molar-refractivity contribution in [2.75, 3.05) is 27.2 Å². The topological polar surface area (TPSA) is 127 Å². The Hall–Kier alpha value is -2.91. The molecule has 1 aromatic heterocycles. The highest BCUT2D eigenvalue weighted by Gasteiger charge is 2.15. The van der Waals surface area contributed by atoms with Crippen LogP contribution >= 0.6 is 11.6 Å². The third kappa shape index (κ3) is 11.7. The van der Waals surface area contributed by atoms with Crippen LogP contribution in [0.2, 0.25) is 5.02 Å². The molecular weight excluding hydrogens is 388 g/mol. The highest BCUT2D eigenvalue weighted by atomic mass is 35.5. The number of halogens is 1. The molecule has 28 heavy (non-hydrogen) atoms. The molecule has 1 aromatic carbocycles. The van der Waals surface area contributed by atoms with E-state index in [0.717, 1.165) is 17.8 Å². The first kappa shape index (κ1) is 25.1. The lowest BCUT2D eigenvalue weighted by molar-refractivity contribution is -0.131. The van der Waals surface area contributed by atoms with Gasteiger partial charge in [-0.1, -0.05) is 23.7 Å². The lowest BCUT2D eigenvalue weighted by atomic mass is 10.1. The standard InChI is InChI=1S/C16H21ClN4O.2CH2O2/c1-20(2)6-7-21(11-15-10-18-12-19-15)16(22)9-13-4-3-5-14(17)8-13;2*2-1-3/h3-5,8,10,12H,6-7,9,11H2,1-2H3,(H,18,19);2*1H,(H,2,3). The van der Waals surface area contributed by atoms with Crippen molar-refractivity contribution < 1.29 is 24.6 Å². The van der Waals surface area contributed by atoms with E-state index in [9.17, 15) is 4.79 Å². The van der Waals surface area contributed by atoms with E-state index in [1.165, 1.54) is 0 Å². The summed E-state index contributed by atoms with van der Waals surface area (Å²) in [5, 5.41) is 14.4. The van der Waals surface area contributed by atoms with E-state index >= 15 is 0 Å². The summed E-state index contributed by atoms with van der Waals surface area (Å²) in [4.78, 5) is 40.3. The van der Waals surface area contributed by atoms with Crippen molar-refractivity contribution in [1.29, 1.82) is 0 Å². The molecule has 0 aliphatic carbocycles. The van der Waals surface area contributed by atoms with Crippen molar-refractivity contribution in [3.63, 3.8) is 0 Å². The van der Waals surface area contributed by atoms with Crippen LogP contribution in [0.25, 0.3) is 0 Å². The predicted molar refractivity (Wildman–Crippen MR) is 105 cm³/mol. The number of benzene rings is 1. The minimum atomic E-state index is -0.250. The van der Waals surface area contributed by atoms with Crippen molar-refractivity contribution in [2.24, 2.45) is 0 Å². The molecule has 0 spiro atoms. The Morgan fingerprint density at radius 1 is 1.21 bits per heavy atom. The third-order valence-corrected chi connectivity index (χ3v) is 3.57. The van der Waals surface area contributed by atoms with E-state index in [1.54, 1.807) is 12.5 Å². The molecule has 3 N–H and O–H groups in total. The lowest BCUT2D eigenvalue weighted by Gasteiger charge is -2.24. The van der Waals surface area contributed by atoms with Crippen LogP contribution in [-0.4, -0.2) is 76.0 Å². The highest BCUT2D eigenvalue weighted by molar-refractivity contribution is 6.30. The molecule has 1 amide bonds. The third-order valence-electron chi connectivity index (χ3n) is 3.33. The number of carbonyl (C=O) groups excluding carboxylic acids is 1. The molecule has 2 rings (SSSR count). The molecule has 0 bridgehead atoms. The number of rotatable bonds is 7. The van der Waals surface area contributed by atoms with Crippen LogP contribution in [0.15, 0.2) is 36.8 Å². The summed E-state index contributed by atoms with van der Waals surface area (Å²) in [5.74, 6) is 0.0821. The zero-order chi connectivity index (χ0) is 21.4. The van der Waals surface area contributed by atoms with Crippen LogP contribution < -0.4 is 0 Å². The Bertz CT molecular complexity index is 689. The van der Waals surface area contributed by atoms with E-state index in [-0.39, 0.29) is 18.9 Å². The second-order valence-corrected chi connectivity index (χ2v) is 6.15. The summed E-state index contributed by atoms with van der Waals surface area (Å²) in [6, 6.07) is 7.43. The second-order valence-electron chi connectivity index (χ2n) is 5.71. The quantitative estimate of drug-likeness (QED) is 0.589. The van der Waals surface area contributed by atoms with Gasteiger partial charge in [0.05, 0.1) is 25.0 Å². The molecule has 154 valence electrons. The fourth-order valence-corrected chi connectivity index (χ4v) is 2.34. The smallest absolute Gasteiger partial charge is 0.290 e. The average molecular weight is 413 g/mol. The minimum absolute atomic E-state index is 0.0821. The summed E-state index contributed by atoms with van der Waals surface area (Å²) in [7, 11) is 3.99. The maximum absolute atomic E-state index is 12.6. The second kappa shape index (κ2) is 15.2. The van der Waals surface area contributed by atoms with E-state index in [0.29, 0.717) is 24.5 Å². The van der Waals surface area contributed by atoms with E-state index in [4.69, 9.17) is 31.4 Å². The van der Waals surface area contributed by atoms with Crippen molar-refractivity contribution >= 4 is 30.5 Å². The number of likely N-dealkylation sites (N-methyl/N-ethyl adjacent to an activating group) is 1. The molecule has 0 atom stereocenters. The molecule has 0 aliphatic rings. The molecule has 0 fully saturated rings. The van der Waals surface area contributed by atoms with Gasteiger partial charge in [-0.05, 0) is 31.8 Å². The van der Waals surface area contributed by atoms with Gasteiger partial charge in [0, 0.05) is 24.3 Å². The summed E-state index contributed by atoms with van der Waals surface area (Å²) in [6.45, 7) is 1.52. The lowest BCUT2D eigenvalue weighted by Crippen LogP contribution is -2.37. The number of hydrogen-bond acceptors (Lipinski definition) is 5. The molecule has 2 aromatic rings. The maximum Gasteiger partial charge on any atom is 0.290 e. The highest BCUT2D eigenvalue weighted by Crippen LogP contribution is 2.13. The van der Waals surface area contributed by atoms with Gasteiger partial charge < -0.3 is 25.0 Å². The number of aromatic nitrogens is 2. The molecule has 1 heterocycles. The number of hydrogen-bond donors (Lipinski definition) is 3. The Morgan fingerprint density at radius 2 is 1.86 bits per heavy atom. The Morgan fingerprint density at radius 3 is 2.36 bits per heavy atom. The van der Waals surface area contributed by atoms with Gasteiger partial charge in [-0.25, -0.2) is 4.98 Å². The van der Waals surface area contributed by atoms with Gasteiger partial charge in [-0.3, -0.25) is 14.4 Å². The summed E-state index contributed by atoms with van der Waals surface area (Å²) < 4.78 is 0. The van der Waals surface area contributed by atoms with Crippen molar-refractivity contribution in [3.8, 4) is 0 Å². The number of amides is 1. The van der Waals surface area contributed by atoms with Gasteiger partial charge in [0.2, 0.25) is 5.91 Å². The van der Waals surface area contributed by atoms with Gasteiger partial charge in [-0.15, -0.1) is 0 Å². The number of carbonyl (C=O) groups is 3. The van der Waals surface area contributed by atoms with Crippen molar-refractivity contribution in [1.82, 2.24) is 19.8 Å². The van der Waals surface area contributed by atoms with Crippen LogP contribution in [0.3, 0.4) is 0 Å². The monoisotopic (exact) mass is 412 g/mol. The van der Waals surface area contributed by atoms with Gasteiger partial charge in [-0.2, -0.15) is 0 Å². The molecule has 0 saturated carbocycles. The van der Waals surface area contributed by atoms with Crippen molar-refractivity contribution in [2.45, 2.75) is 13.0 Å². The van der Waals surface area contributed by atoms with Crippen LogP contribution in [-0.2, 0) is 27.3 Å². The van der Waals surface area contributed by atoms with Crippen molar-refractivity contribution in [3.05, 3.63) is 53.1 Å². The molecular formula is C18H25ClN4O5. The van der Waals surface area contributed by atoms with E-state index in [2.05, 4.69) is 14.9 Å². The minimum Gasteiger partial charge on any atom is -0.483 e. The largest absolute Gasteiger partial charge is 0.483 e. The van der Waals surface area contributed by atoms with Gasteiger partial charge in [0.15, 0.2) is 0 Å². The summed E-state index contributed by atoms with van der Waals surface area (Å²) >= 11 is 5.98. The number of aromatic amines is 1. The van der Waals surface area contributed by atoms with E-state index < -0.39 is 0 Å². The summed E-state index contributed by atoms with van der Waals surface area (Å²) in [6.07, 6.45) is 3.72. The Balaban J connectivity index is 0.00000108. The predicted octanol–water partition coefficient (Wildman–Crippen LogP) is 1.60. The van der Waals surface area contributed by atoms with Crippen LogP contribution in [0, 0.1) is 0 Å². The molecule has 0 unspecified atom stereocenters. The molecule has 9 nitrogen and oxygen atoms in total. The zero-order valence-electron chi connectivity index (χ0n) is 15.8. The SMILES string of the molecule is CN(C)CCN(Cc1cnc[nH]1)C(=O)Cc1cccc(Cl)c1.O=CO.O=CO. The molecule has 0 saturated heterocycles. The average Bonchev–Trinajstić information content (AvgIpc) is 3.13. The number of nitrogens with zero attached hydrogens (tertiary/aromatic N) is 3. The van der Waals surface area contributed by atoms with Crippen LogP contribution in [0.5, 0.6) is 0 Å². The maximum atomic E-state index is 12.6. The Kier molecular flexibility index (Phi) is 13.6. The normalized spacial score (nSPS) is 9.43. The number of carboxylic acid groups (broad SMARTS) is 2. The molecule has 0 aliphatic heterocycles. The fourth-order valence-electron chi connectivity index (χ4n) is 2.12. The summed E-state index contributed by atoms with van der Waals surface area (Å²) in [5.41, 5.74) is 1.86. The van der Waals surface area contributed by atoms with Crippen LogP contribution in [0.4, 0.5) is 0 Å². The fraction of sp³-hybridized carbons (Fsp3) is 0.333. The zero-order valence-corrected chi connectivity index (χ0v) is 16.5. The first-order chi connectivity index (χ1) is 13.4. The first-order valence-electron chi connectivity index (χ1n) is 8.17.